The van der Waals surface area contributed by atoms with Gasteiger partial charge in [0, 0.05) is 22.9 Å². The van der Waals surface area contributed by atoms with Gasteiger partial charge >= 0.3 is 6.03 Å². The summed E-state index contributed by atoms with van der Waals surface area (Å²) in [4.78, 5) is 14.2. The molecule has 0 saturated carbocycles. The molecule has 3 nitrogen and oxygen atoms in total. The van der Waals surface area contributed by atoms with Crippen LogP contribution in [-0.4, -0.2) is 12.6 Å². The minimum atomic E-state index is -0.0977. The van der Waals surface area contributed by atoms with Gasteiger partial charge in [0.15, 0.2) is 0 Å². The number of anilines is 2. The van der Waals surface area contributed by atoms with Gasteiger partial charge in [0.2, 0.25) is 0 Å². The molecule has 4 heteroatoms. The molecule has 0 fully saturated rings. The Balaban J connectivity index is 1.80. The Hall–Kier alpha value is -2.00. The first-order valence-electron chi connectivity index (χ1n) is 6.66. The molecule has 1 aliphatic heterocycles. The average molecular weight is 287 g/mol. The second-order valence-corrected chi connectivity index (χ2v) is 5.26. The molecule has 1 N–H and O–H groups in total. The van der Waals surface area contributed by atoms with Crippen molar-refractivity contribution in [3.8, 4) is 0 Å². The number of amides is 2. The number of carbonyl (C=O) groups excluding carboxylic acids is 1. The van der Waals surface area contributed by atoms with Crippen LogP contribution in [0, 0.1) is 0 Å². The third kappa shape index (κ3) is 2.63. The Kier molecular flexibility index (Phi) is 3.61. The van der Waals surface area contributed by atoms with E-state index in [-0.39, 0.29) is 6.03 Å². The fourth-order valence-corrected chi connectivity index (χ4v) is 2.59. The van der Waals surface area contributed by atoms with E-state index in [4.69, 9.17) is 11.6 Å². The molecule has 0 atom stereocenters. The van der Waals surface area contributed by atoms with Crippen LogP contribution < -0.4 is 10.2 Å². The predicted octanol–water partition coefficient (Wildman–Crippen LogP) is 4.32. The highest BCUT2D eigenvalue weighted by atomic mass is 35.5. The smallest absolute Gasteiger partial charge is 0.308 e. The van der Waals surface area contributed by atoms with Crippen LogP contribution in [0.5, 0.6) is 0 Å². The van der Waals surface area contributed by atoms with Gasteiger partial charge in [-0.05, 0) is 48.7 Å². The van der Waals surface area contributed by atoms with E-state index in [9.17, 15) is 4.79 Å². The maximum absolute atomic E-state index is 12.4. The summed E-state index contributed by atoms with van der Waals surface area (Å²) in [7, 11) is 0. The lowest BCUT2D eigenvalue weighted by atomic mass is 10.0. The molecule has 102 valence electrons. The summed E-state index contributed by atoms with van der Waals surface area (Å²) in [6, 6.07) is 15.1. The molecular formula is C16H15ClN2O. The van der Waals surface area contributed by atoms with Gasteiger partial charge in [-0.15, -0.1) is 0 Å². The van der Waals surface area contributed by atoms with Crippen molar-refractivity contribution in [3.63, 3.8) is 0 Å². The topological polar surface area (TPSA) is 32.3 Å². The van der Waals surface area contributed by atoms with Crippen molar-refractivity contribution in [2.75, 3.05) is 16.8 Å². The SMILES string of the molecule is O=C(Nc1ccc(Cl)cc1)N1CCCc2ccccc21. The van der Waals surface area contributed by atoms with Gasteiger partial charge < -0.3 is 5.32 Å². The molecule has 0 aliphatic carbocycles. The van der Waals surface area contributed by atoms with E-state index in [1.54, 1.807) is 29.2 Å². The molecule has 1 aliphatic rings. The van der Waals surface area contributed by atoms with Crippen molar-refractivity contribution in [3.05, 3.63) is 59.1 Å². The van der Waals surface area contributed by atoms with E-state index in [0.717, 1.165) is 30.8 Å². The Morgan fingerprint density at radius 2 is 1.85 bits per heavy atom. The van der Waals surface area contributed by atoms with Crippen LogP contribution in [0.3, 0.4) is 0 Å². The molecule has 0 saturated heterocycles. The minimum Gasteiger partial charge on any atom is -0.308 e. The number of halogens is 1. The third-order valence-electron chi connectivity index (χ3n) is 3.45. The summed E-state index contributed by atoms with van der Waals surface area (Å²) in [6.45, 7) is 0.746. The number of benzene rings is 2. The molecular weight excluding hydrogens is 272 g/mol. The van der Waals surface area contributed by atoms with Crippen molar-refractivity contribution in [1.82, 2.24) is 0 Å². The normalized spacial score (nSPS) is 13.8. The van der Waals surface area contributed by atoms with Crippen LogP contribution in [0.15, 0.2) is 48.5 Å². The van der Waals surface area contributed by atoms with Gasteiger partial charge in [0.25, 0.3) is 0 Å². The summed E-state index contributed by atoms with van der Waals surface area (Å²) < 4.78 is 0. The molecule has 0 bridgehead atoms. The fraction of sp³-hybridized carbons (Fsp3) is 0.188. The summed E-state index contributed by atoms with van der Waals surface area (Å²) in [6.07, 6.45) is 2.02. The van der Waals surface area contributed by atoms with Gasteiger partial charge in [-0.25, -0.2) is 4.79 Å². The quantitative estimate of drug-likeness (QED) is 0.832. The van der Waals surface area contributed by atoms with E-state index in [1.807, 2.05) is 18.2 Å². The van der Waals surface area contributed by atoms with Crippen LogP contribution >= 0.6 is 11.6 Å². The number of hydrogen-bond acceptors (Lipinski definition) is 1. The van der Waals surface area contributed by atoms with Gasteiger partial charge in [-0.3, -0.25) is 4.90 Å². The number of urea groups is 1. The first-order valence-corrected chi connectivity index (χ1v) is 7.04. The number of carbonyl (C=O) groups is 1. The molecule has 0 spiro atoms. The largest absolute Gasteiger partial charge is 0.326 e. The van der Waals surface area contributed by atoms with E-state index in [2.05, 4.69) is 11.4 Å². The lowest BCUT2D eigenvalue weighted by Crippen LogP contribution is -2.38. The molecule has 0 radical (unpaired) electrons. The number of para-hydroxylation sites is 1. The molecule has 2 amide bonds. The van der Waals surface area contributed by atoms with Crippen molar-refractivity contribution >= 4 is 29.0 Å². The first kappa shape index (κ1) is 13.0. The minimum absolute atomic E-state index is 0.0977. The van der Waals surface area contributed by atoms with Crippen molar-refractivity contribution in [2.45, 2.75) is 12.8 Å². The molecule has 3 rings (SSSR count). The van der Waals surface area contributed by atoms with Gasteiger partial charge in [0.05, 0.1) is 0 Å². The zero-order chi connectivity index (χ0) is 13.9. The molecule has 1 heterocycles. The highest BCUT2D eigenvalue weighted by Crippen LogP contribution is 2.27. The molecule has 2 aromatic carbocycles. The lowest BCUT2D eigenvalue weighted by molar-refractivity contribution is 0.256. The summed E-state index contributed by atoms with van der Waals surface area (Å²) >= 11 is 5.84. The van der Waals surface area contributed by atoms with Gasteiger partial charge in [-0.2, -0.15) is 0 Å². The maximum Gasteiger partial charge on any atom is 0.326 e. The molecule has 0 unspecified atom stereocenters. The third-order valence-corrected chi connectivity index (χ3v) is 3.70. The Bertz CT molecular complexity index is 625. The summed E-state index contributed by atoms with van der Waals surface area (Å²) in [5.74, 6) is 0. The molecule has 2 aromatic rings. The van der Waals surface area contributed by atoms with E-state index >= 15 is 0 Å². The summed E-state index contributed by atoms with van der Waals surface area (Å²) in [5, 5.41) is 3.57. The highest BCUT2D eigenvalue weighted by Gasteiger charge is 2.21. The summed E-state index contributed by atoms with van der Waals surface area (Å²) in [5.41, 5.74) is 2.98. The fourth-order valence-electron chi connectivity index (χ4n) is 2.47. The Morgan fingerprint density at radius 1 is 1.10 bits per heavy atom. The standard InChI is InChI=1S/C16H15ClN2O/c17-13-7-9-14(10-8-13)18-16(20)19-11-3-5-12-4-1-2-6-15(12)19/h1-2,4,6-10H,3,5,11H2,(H,18,20). The van der Waals surface area contributed by atoms with Crippen LogP contribution in [0.4, 0.5) is 16.2 Å². The zero-order valence-corrected chi connectivity index (χ0v) is 11.7. The van der Waals surface area contributed by atoms with E-state index < -0.39 is 0 Å². The monoisotopic (exact) mass is 286 g/mol. The van der Waals surface area contributed by atoms with Gasteiger partial charge in [-0.1, -0.05) is 29.8 Å². The molecule has 0 aromatic heterocycles. The Morgan fingerprint density at radius 3 is 2.65 bits per heavy atom. The van der Waals surface area contributed by atoms with Crippen molar-refractivity contribution < 1.29 is 4.79 Å². The van der Waals surface area contributed by atoms with Crippen molar-refractivity contribution in [1.29, 1.82) is 0 Å². The first-order chi connectivity index (χ1) is 9.74. The van der Waals surface area contributed by atoms with Crippen molar-refractivity contribution in [2.24, 2.45) is 0 Å². The predicted molar refractivity (Wildman–Crippen MR) is 82.6 cm³/mol. The molecule has 20 heavy (non-hydrogen) atoms. The zero-order valence-electron chi connectivity index (χ0n) is 11.0. The van der Waals surface area contributed by atoms with Crippen LogP contribution in [0.2, 0.25) is 5.02 Å². The number of rotatable bonds is 1. The second kappa shape index (κ2) is 5.55. The second-order valence-electron chi connectivity index (χ2n) is 4.82. The van der Waals surface area contributed by atoms with Crippen LogP contribution in [0.25, 0.3) is 0 Å². The van der Waals surface area contributed by atoms with E-state index in [0.29, 0.717) is 5.02 Å². The van der Waals surface area contributed by atoms with Gasteiger partial charge in [0.1, 0.15) is 0 Å². The number of fused-ring (bicyclic) bond motifs is 1. The van der Waals surface area contributed by atoms with E-state index in [1.165, 1.54) is 5.56 Å². The number of nitrogens with one attached hydrogen (secondary N) is 1. The highest BCUT2D eigenvalue weighted by molar-refractivity contribution is 6.30. The maximum atomic E-state index is 12.4. The number of aryl methyl sites for hydroxylation is 1. The van der Waals surface area contributed by atoms with Crippen LogP contribution in [0.1, 0.15) is 12.0 Å². The van der Waals surface area contributed by atoms with Crippen LogP contribution in [-0.2, 0) is 6.42 Å². The average Bonchev–Trinajstić information content (AvgIpc) is 2.49. The number of nitrogens with zero attached hydrogens (tertiary/aromatic N) is 1. The Labute approximate surface area is 123 Å². The number of hydrogen-bond donors (Lipinski definition) is 1. The lowest BCUT2D eigenvalue weighted by Gasteiger charge is -2.29.